The lowest BCUT2D eigenvalue weighted by molar-refractivity contribution is -0.139. The number of carbonyl (C=O) groups is 1. The van der Waals surface area contributed by atoms with Crippen LogP contribution >= 0.6 is 0 Å². The molecule has 0 spiro atoms. The first kappa shape index (κ1) is 14.5. The van der Waals surface area contributed by atoms with Gasteiger partial charge in [-0.3, -0.25) is 4.79 Å². The number of esters is 1. The van der Waals surface area contributed by atoms with E-state index in [0.29, 0.717) is 12.5 Å². The van der Waals surface area contributed by atoms with Crippen LogP contribution in [-0.2, 0) is 9.53 Å². The third-order valence-corrected chi connectivity index (χ3v) is 2.86. The first-order valence-corrected chi connectivity index (χ1v) is 6.45. The molecule has 18 heavy (non-hydrogen) atoms. The summed E-state index contributed by atoms with van der Waals surface area (Å²) in [6.07, 6.45) is 2.99. The van der Waals surface area contributed by atoms with Gasteiger partial charge in [0.05, 0.1) is 0 Å². The molecule has 98 valence electrons. The number of ether oxygens (including phenoxy) is 1. The molecular formula is C16H22O2. The van der Waals surface area contributed by atoms with Gasteiger partial charge in [-0.1, -0.05) is 51.1 Å². The molecule has 2 heteroatoms. The Morgan fingerprint density at radius 3 is 2.67 bits per heavy atom. The second kappa shape index (κ2) is 7.00. The van der Waals surface area contributed by atoms with Gasteiger partial charge in [-0.25, -0.2) is 0 Å². The second-order valence-electron chi connectivity index (χ2n) is 4.76. The number of rotatable bonds is 5. The molecule has 0 unspecified atom stereocenters. The van der Waals surface area contributed by atoms with Crippen molar-refractivity contribution in [2.24, 2.45) is 0 Å². The monoisotopic (exact) mass is 246 g/mol. The van der Waals surface area contributed by atoms with Crippen LogP contribution < -0.4 is 0 Å². The van der Waals surface area contributed by atoms with Crippen molar-refractivity contribution >= 4 is 12.0 Å². The molecule has 2 nitrogen and oxygen atoms in total. The highest BCUT2D eigenvalue weighted by molar-refractivity contribution is 5.66. The van der Waals surface area contributed by atoms with E-state index < -0.39 is 0 Å². The minimum absolute atomic E-state index is 0.231. The van der Waals surface area contributed by atoms with Gasteiger partial charge in [-0.2, -0.15) is 0 Å². The fourth-order valence-corrected chi connectivity index (χ4v) is 1.68. The highest BCUT2D eigenvalue weighted by Gasteiger charge is 2.01. The Hall–Kier alpha value is -1.57. The van der Waals surface area contributed by atoms with Gasteiger partial charge < -0.3 is 4.74 Å². The third kappa shape index (κ3) is 4.74. The van der Waals surface area contributed by atoms with Gasteiger partial charge in [0.15, 0.2) is 0 Å². The van der Waals surface area contributed by atoms with Crippen LogP contribution in [0.5, 0.6) is 0 Å². The zero-order valence-corrected chi connectivity index (χ0v) is 11.7. The lowest BCUT2D eigenvalue weighted by Crippen LogP contribution is -2.02. The van der Waals surface area contributed by atoms with Gasteiger partial charge in [0, 0.05) is 6.92 Å². The van der Waals surface area contributed by atoms with Gasteiger partial charge in [-0.15, -0.1) is 0 Å². The first-order valence-electron chi connectivity index (χ1n) is 6.45. The Morgan fingerprint density at radius 1 is 1.39 bits per heavy atom. The van der Waals surface area contributed by atoms with E-state index in [1.54, 1.807) is 0 Å². The van der Waals surface area contributed by atoms with Crippen molar-refractivity contribution in [3.63, 3.8) is 0 Å². The van der Waals surface area contributed by atoms with E-state index in [2.05, 4.69) is 51.1 Å². The maximum atomic E-state index is 10.8. The van der Waals surface area contributed by atoms with Crippen LogP contribution in [0.1, 0.15) is 51.2 Å². The summed E-state index contributed by atoms with van der Waals surface area (Å²) in [5, 5.41) is 0. The van der Waals surface area contributed by atoms with Gasteiger partial charge >= 0.3 is 5.97 Å². The van der Waals surface area contributed by atoms with Crippen molar-refractivity contribution in [1.29, 1.82) is 0 Å². The van der Waals surface area contributed by atoms with Crippen molar-refractivity contribution in [2.45, 2.75) is 40.0 Å². The van der Waals surface area contributed by atoms with E-state index in [1.165, 1.54) is 18.1 Å². The summed E-state index contributed by atoms with van der Waals surface area (Å²) in [6.45, 7) is 8.26. The van der Waals surface area contributed by atoms with E-state index in [0.717, 1.165) is 12.0 Å². The van der Waals surface area contributed by atoms with E-state index in [1.807, 2.05) is 0 Å². The number of carbonyl (C=O) groups excluding carboxylic acids is 1. The molecule has 0 aliphatic rings. The zero-order valence-electron chi connectivity index (χ0n) is 11.7. The SMILES string of the molecule is CCC(=Cc1cccc(C(C)C)c1)COC(C)=O. The summed E-state index contributed by atoms with van der Waals surface area (Å²) >= 11 is 0. The summed E-state index contributed by atoms with van der Waals surface area (Å²) in [6, 6.07) is 8.48. The van der Waals surface area contributed by atoms with Crippen LogP contribution in [0, 0.1) is 0 Å². The Labute approximate surface area is 110 Å². The maximum absolute atomic E-state index is 10.8. The van der Waals surface area contributed by atoms with Gasteiger partial charge in [0.1, 0.15) is 6.61 Å². The smallest absolute Gasteiger partial charge is 0.302 e. The Kier molecular flexibility index (Phi) is 5.63. The summed E-state index contributed by atoms with van der Waals surface area (Å²) < 4.78 is 5.04. The summed E-state index contributed by atoms with van der Waals surface area (Å²) in [7, 11) is 0. The molecule has 0 atom stereocenters. The van der Waals surface area contributed by atoms with Crippen LogP contribution in [0.4, 0.5) is 0 Å². The van der Waals surface area contributed by atoms with Gasteiger partial charge in [0.2, 0.25) is 0 Å². The number of benzene rings is 1. The van der Waals surface area contributed by atoms with Crippen molar-refractivity contribution in [2.75, 3.05) is 6.61 Å². The zero-order chi connectivity index (χ0) is 13.5. The van der Waals surface area contributed by atoms with Crippen LogP contribution in [0.2, 0.25) is 0 Å². The van der Waals surface area contributed by atoms with Crippen LogP contribution in [0.25, 0.3) is 6.08 Å². The Balaban J connectivity index is 2.84. The topological polar surface area (TPSA) is 26.3 Å². The van der Waals surface area contributed by atoms with E-state index in [-0.39, 0.29) is 5.97 Å². The van der Waals surface area contributed by atoms with Crippen molar-refractivity contribution < 1.29 is 9.53 Å². The standard InChI is InChI=1S/C16H22O2/c1-5-14(11-18-13(4)17)9-15-7-6-8-16(10-15)12(2)3/h6-10,12H,5,11H2,1-4H3. The number of hydrogen-bond donors (Lipinski definition) is 0. The predicted molar refractivity (Wildman–Crippen MR) is 75.4 cm³/mol. The molecule has 0 bridgehead atoms. The summed E-state index contributed by atoms with van der Waals surface area (Å²) in [5.41, 5.74) is 3.63. The van der Waals surface area contributed by atoms with E-state index >= 15 is 0 Å². The van der Waals surface area contributed by atoms with Crippen molar-refractivity contribution in [3.8, 4) is 0 Å². The Morgan fingerprint density at radius 2 is 2.11 bits per heavy atom. The van der Waals surface area contributed by atoms with Crippen LogP contribution in [0.15, 0.2) is 29.8 Å². The molecule has 0 radical (unpaired) electrons. The number of hydrogen-bond acceptors (Lipinski definition) is 2. The lowest BCUT2D eigenvalue weighted by atomic mass is 10.00. The molecule has 1 aromatic rings. The fourth-order valence-electron chi connectivity index (χ4n) is 1.68. The minimum Gasteiger partial charge on any atom is -0.461 e. The Bertz CT molecular complexity index is 430. The molecule has 0 aliphatic carbocycles. The largest absolute Gasteiger partial charge is 0.461 e. The van der Waals surface area contributed by atoms with Gasteiger partial charge in [-0.05, 0) is 29.0 Å². The highest BCUT2D eigenvalue weighted by atomic mass is 16.5. The normalized spacial score (nSPS) is 11.7. The van der Waals surface area contributed by atoms with Crippen molar-refractivity contribution in [3.05, 3.63) is 41.0 Å². The molecule has 0 N–H and O–H groups in total. The molecule has 0 saturated heterocycles. The minimum atomic E-state index is -0.231. The molecule has 0 fully saturated rings. The molecule has 1 rings (SSSR count). The molecule has 0 aliphatic heterocycles. The lowest BCUT2D eigenvalue weighted by Gasteiger charge is -2.08. The van der Waals surface area contributed by atoms with Crippen LogP contribution in [0.3, 0.4) is 0 Å². The summed E-state index contributed by atoms with van der Waals surface area (Å²) in [4.78, 5) is 10.8. The molecule has 1 aromatic carbocycles. The molecule has 0 aromatic heterocycles. The van der Waals surface area contributed by atoms with Gasteiger partial charge in [0.25, 0.3) is 0 Å². The molecular weight excluding hydrogens is 224 g/mol. The fraction of sp³-hybridized carbons (Fsp3) is 0.438. The first-order chi connectivity index (χ1) is 8.52. The average Bonchev–Trinajstić information content (AvgIpc) is 2.34. The molecule has 0 saturated carbocycles. The second-order valence-corrected chi connectivity index (χ2v) is 4.76. The van der Waals surface area contributed by atoms with Crippen LogP contribution in [-0.4, -0.2) is 12.6 Å². The maximum Gasteiger partial charge on any atom is 0.302 e. The molecule has 0 heterocycles. The quantitative estimate of drug-likeness (QED) is 0.729. The van der Waals surface area contributed by atoms with Crippen molar-refractivity contribution in [1.82, 2.24) is 0 Å². The van der Waals surface area contributed by atoms with E-state index in [4.69, 9.17) is 4.74 Å². The third-order valence-electron chi connectivity index (χ3n) is 2.86. The highest BCUT2D eigenvalue weighted by Crippen LogP contribution is 2.18. The molecule has 0 amide bonds. The average molecular weight is 246 g/mol. The predicted octanol–water partition coefficient (Wildman–Crippen LogP) is 4.17. The van der Waals surface area contributed by atoms with E-state index in [9.17, 15) is 4.79 Å². The summed E-state index contributed by atoms with van der Waals surface area (Å²) in [5.74, 6) is 0.294.